The molecule has 0 atom stereocenters. The maximum Gasteiger partial charge on any atom is 0.221 e. The van der Waals surface area contributed by atoms with E-state index in [4.69, 9.17) is 0 Å². The number of hydrogen-bond donors (Lipinski definition) is 1. The molecule has 0 radical (unpaired) electrons. The maximum absolute atomic E-state index is 14.1. The molecule has 1 N–H and O–H groups in total. The van der Waals surface area contributed by atoms with Crippen LogP contribution >= 0.6 is 0 Å². The van der Waals surface area contributed by atoms with Gasteiger partial charge in [0.15, 0.2) is 0 Å². The van der Waals surface area contributed by atoms with Crippen molar-refractivity contribution in [2.24, 2.45) is 0 Å². The summed E-state index contributed by atoms with van der Waals surface area (Å²) in [4.78, 5) is 11.3. The van der Waals surface area contributed by atoms with Gasteiger partial charge in [0.2, 0.25) is 5.91 Å². The van der Waals surface area contributed by atoms with Gasteiger partial charge >= 0.3 is 0 Å². The second kappa shape index (κ2) is 6.72. The molecule has 0 saturated carbocycles. The second-order valence-electron chi connectivity index (χ2n) is 6.62. The molecular formula is C23H19FN2O. The third-order valence-electron chi connectivity index (χ3n) is 4.64. The van der Waals surface area contributed by atoms with Crippen LogP contribution in [0.25, 0.3) is 27.7 Å². The van der Waals surface area contributed by atoms with Crippen molar-refractivity contribution in [2.75, 3.05) is 5.32 Å². The van der Waals surface area contributed by atoms with Gasteiger partial charge in [0.1, 0.15) is 5.82 Å². The molecule has 3 nitrogen and oxygen atoms in total. The van der Waals surface area contributed by atoms with Crippen LogP contribution in [0.2, 0.25) is 0 Å². The lowest BCUT2D eigenvalue weighted by Crippen LogP contribution is -2.05. The number of aromatic nitrogens is 1. The van der Waals surface area contributed by atoms with Crippen molar-refractivity contribution in [3.8, 4) is 16.8 Å². The van der Waals surface area contributed by atoms with E-state index in [9.17, 15) is 9.18 Å². The Labute approximate surface area is 157 Å². The first-order valence-electron chi connectivity index (χ1n) is 8.77. The predicted molar refractivity (Wildman–Crippen MR) is 108 cm³/mol. The van der Waals surface area contributed by atoms with E-state index in [0.29, 0.717) is 5.39 Å². The molecule has 1 aromatic heterocycles. The molecule has 0 spiro atoms. The molecule has 134 valence electrons. The fourth-order valence-electron chi connectivity index (χ4n) is 3.42. The van der Waals surface area contributed by atoms with Gasteiger partial charge in [0.25, 0.3) is 0 Å². The SMILES string of the molecule is CC(=O)Nc1cccc(-c2cccc(-n3ccc4c(F)ccc(C)c43)c2)c1. The number of benzene rings is 3. The normalized spacial score (nSPS) is 10.9. The van der Waals surface area contributed by atoms with E-state index in [1.54, 1.807) is 6.07 Å². The second-order valence-corrected chi connectivity index (χ2v) is 6.62. The average Bonchev–Trinajstić information content (AvgIpc) is 3.11. The Kier molecular flexibility index (Phi) is 4.24. The molecule has 0 aliphatic carbocycles. The van der Waals surface area contributed by atoms with E-state index in [1.807, 2.05) is 66.2 Å². The van der Waals surface area contributed by atoms with Gasteiger partial charge in [-0.1, -0.05) is 30.3 Å². The number of halogens is 1. The average molecular weight is 358 g/mol. The van der Waals surface area contributed by atoms with Crippen molar-refractivity contribution >= 4 is 22.5 Å². The molecule has 4 heteroatoms. The highest BCUT2D eigenvalue weighted by atomic mass is 19.1. The number of anilines is 1. The summed E-state index contributed by atoms with van der Waals surface area (Å²) in [5, 5.41) is 3.43. The smallest absolute Gasteiger partial charge is 0.221 e. The van der Waals surface area contributed by atoms with E-state index < -0.39 is 0 Å². The molecule has 0 aliphatic heterocycles. The highest BCUT2D eigenvalue weighted by Gasteiger charge is 2.10. The summed E-state index contributed by atoms with van der Waals surface area (Å²) in [6.07, 6.45) is 1.90. The molecule has 3 aromatic carbocycles. The Bertz CT molecular complexity index is 1160. The van der Waals surface area contributed by atoms with Gasteiger partial charge in [-0.15, -0.1) is 0 Å². The molecule has 0 saturated heterocycles. The summed E-state index contributed by atoms with van der Waals surface area (Å²) in [5.74, 6) is -0.314. The minimum Gasteiger partial charge on any atom is -0.326 e. The van der Waals surface area contributed by atoms with Crippen LogP contribution in [0.15, 0.2) is 72.9 Å². The van der Waals surface area contributed by atoms with Crippen LogP contribution in [0.5, 0.6) is 0 Å². The number of carbonyl (C=O) groups is 1. The fraction of sp³-hybridized carbons (Fsp3) is 0.0870. The van der Waals surface area contributed by atoms with E-state index in [-0.39, 0.29) is 11.7 Å². The van der Waals surface area contributed by atoms with Gasteiger partial charge in [0.05, 0.1) is 5.52 Å². The Balaban J connectivity index is 1.81. The molecular weight excluding hydrogens is 339 g/mol. The fourth-order valence-corrected chi connectivity index (χ4v) is 3.42. The lowest BCUT2D eigenvalue weighted by molar-refractivity contribution is -0.114. The maximum atomic E-state index is 14.1. The summed E-state index contributed by atoms with van der Waals surface area (Å²) >= 11 is 0. The Morgan fingerprint density at radius 3 is 2.48 bits per heavy atom. The monoisotopic (exact) mass is 358 g/mol. The standard InChI is InChI=1S/C23H19FN2O/c1-15-9-10-22(24)21-11-12-26(23(15)21)20-8-4-6-18(14-20)17-5-3-7-19(13-17)25-16(2)27/h3-14H,1-2H3,(H,25,27). The highest BCUT2D eigenvalue weighted by molar-refractivity contribution is 5.90. The first kappa shape index (κ1) is 17.0. The number of nitrogens with zero attached hydrogens (tertiary/aromatic N) is 1. The predicted octanol–water partition coefficient (Wildman–Crippen LogP) is 5.70. The number of fused-ring (bicyclic) bond motifs is 1. The minimum atomic E-state index is -0.214. The Hall–Kier alpha value is -3.40. The first-order valence-corrected chi connectivity index (χ1v) is 8.77. The zero-order chi connectivity index (χ0) is 19.0. The zero-order valence-electron chi connectivity index (χ0n) is 15.2. The number of amides is 1. The summed E-state index contributed by atoms with van der Waals surface area (Å²) in [6.45, 7) is 3.48. The number of carbonyl (C=O) groups excluding carboxylic acids is 1. The third kappa shape index (κ3) is 3.22. The van der Waals surface area contributed by atoms with E-state index >= 15 is 0 Å². The lowest BCUT2D eigenvalue weighted by atomic mass is 10.0. The Morgan fingerprint density at radius 2 is 1.70 bits per heavy atom. The van der Waals surface area contributed by atoms with Gasteiger partial charge in [-0.2, -0.15) is 0 Å². The highest BCUT2D eigenvalue weighted by Crippen LogP contribution is 2.29. The summed E-state index contributed by atoms with van der Waals surface area (Å²) in [7, 11) is 0. The van der Waals surface area contributed by atoms with Crippen LogP contribution in [0, 0.1) is 12.7 Å². The van der Waals surface area contributed by atoms with Crippen molar-refractivity contribution in [3.63, 3.8) is 0 Å². The topological polar surface area (TPSA) is 34.0 Å². The zero-order valence-corrected chi connectivity index (χ0v) is 15.2. The van der Waals surface area contributed by atoms with Crippen LogP contribution < -0.4 is 5.32 Å². The number of hydrogen-bond acceptors (Lipinski definition) is 1. The van der Waals surface area contributed by atoms with Gasteiger partial charge in [-0.25, -0.2) is 4.39 Å². The molecule has 1 amide bonds. The Morgan fingerprint density at radius 1 is 0.963 bits per heavy atom. The summed E-state index contributed by atoms with van der Waals surface area (Å²) in [5.41, 5.74) is 5.64. The van der Waals surface area contributed by atoms with Crippen molar-refractivity contribution in [1.82, 2.24) is 4.57 Å². The number of nitrogens with one attached hydrogen (secondary N) is 1. The third-order valence-corrected chi connectivity index (χ3v) is 4.64. The quantitative estimate of drug-likeness (QED) is 0.500. The van der Waals surface area contributed by atoms with E-state index in [2.05, 4.69) is 11.4 Å². The van der Waals surface area contributed by atoms with Gasteiger partial charge in [0, 0.05) is 29.9 Å². The molecule has 4 aromatic rings. The first-order chi connectivity index (χ1) is 13.0. The van der Waals surface area contributed by atoms with Crippen molar-refractivity contribution in [1.29, 1.82) is 0 Å². The summed E-state index contributed by atoms with van der Waals surface area (Å²) < 4.78 is 16.1. The van der Waals surface area contributed by atoms with Crippen molar-refractivity contribution in [2.45, 2.75) is 13.8 Å². The van der Waals surface area contributed by atoms with Crippen LogP contribution in [-0.2, 0) is 4.79 Å². The summed E-state index contributed by atoms with van der Waals surface area (Å²) in [6, 6.07) is 20.9. The van der Waals surface area contributed by atoms with Crippen molar-refractivity contribution in [3.05, 3.63) is 84.3 Å². The molecule has 1 heterocycles. The molecule has 27 heavy (non-hydrogen) atoms. The molecule has 0 aliphatic rings. The van der Waals surface area contributed by atoms with Gasteiger partial charge in [-0.05, 0) is 60.0 Å². The van der Waals surface area contributed by atoms with E-state index in [0.717, 1.165) is 33.6 Å². The minimum absolute atomic E-state index is 0.0998. The van der Waals surface area contributed by atoms with Crippen molar-refractivity contribution < 1.29 is 9.18 Å². The largest absolute Gasteiger partial charge is 0.326 e. The molecule has 0 unspecified atom stereocenters. The van der Waals surface area contributed by atoms with Crippen LogP contribution in [-0.4, -0.2) is 10.5 Å². The lowest BCUT2D eigenvalue weighted by Gasteiger charge is -2.11. The van der Waals surface area contributed by atoms with E-state index in [1.165, 1.54) is 13.0 Å². The van der Waals surface area contributed by atoms with Crippen LogP contribution in [0.1, 0.15) is 12.5 Å². The molecule has 0 fully saturated rings. The van der Waals surface area contributed by atoms with Crippen LogP contribution in [0.3, 0.4) is 0 Å². The molecule has 4 rings (SSSR count). The number of aryl methyl sites for hydroxylation is 1. The molecule has 0 bridgehead atoms. The van der Waals surface area contributed by atoms with Gasteiger partial charge in [-0.3, -0.25) is 4.79 Å². The van der Waals surface area contributed by atoms with Crippen LogP contribution in [0.4, 0.5) is 10.1 Å². The number of rotatable bonds is 3. The van der Waals surface area contributed by atoms with Gasteiger partial charge < -0.3 is 9.88 Å².